The number of nitrogens with one attached hydrogen (secondary N) is 1. The van der Waals surface area contributed by atoms with E-state index >= 15 is 0 Å². The van der Waals surface area contributed by atoms with Crippen LogP contribution < -0.4 is 5.32 Å². The largest absolute Gasteiger partial charge is 0.455 e. The first-order chi connectivity index (χ1) is 14.0. The molecule has 0 aromatic heterocycles. The SMILES string of the molecule is Cc1ccccc1CNC(=O)COC(=O)[C@H]1CC(=O)N([C@H](C)c2ccccc2)C1. The first-order valence-corrected chi connectivity index (χ1v) is 9.78. The maximum absolute atomic E-state index is 12.4. The monoisotopic (exact) mass is 394 g/mol. The predicted octanol–water partition coefficient (Wildman–Crippen LogP) is 2.76. The zero-order valence-electron chi connectivity index (χ0n) is 16.8. The van der Waals surface area contributed by atoms with Crippen molar-refractivity contribution < 1.29 is 19.1 Å². The highest BCUT2D eigenvalue weighted by Gasteiger charge is 2.38. The fraction of sp³-hybridized carbons (Fsp3) is 0.348. The van der Waals surface area contributed by atoms with Crippen LogP contribution in [0.2, 0.25) is 0 Å². The Morgan fingerprint density at radius 2 is 1.83 bits per heavy atom. The first kappa shape index (κ1) is 20.6. The van der Waals surface area contributed by atoms with E-state index in [1.165, 1.54) is 0 Å². The Bertz CT molecular complexity index is 881. The summed E-state index contributed by atoms with van der Waals surface area (Å²) in [5.41, 5.74) is 3.12. The predicted molar refractivity (Wildman–Crippen MR) is 109 cm³/mol. The van der Waals surface area contributed by atoms with Gasteiger partial charge >= 0.3 is 5.97 Å². The number of aryl methyl sites for hydroxylation is 1. The van der Waals surface area contributed by atoms with E-state index in [9.17, 15) is 14.4 Å². The molecule has 1 N–H and O–H groups in total. The van der Waals surface area contributed by atoms with Crippen molar-refractivity contribution in [2.75, 3.05) is 13.2 Å². The van der Waals surface area contributed by atoms with Crippen molar-refractivity contribution in [2.45, 2.75) is 32.9 Å². The molecule has 0 radical (unpaired) electrons. The van der Waals surface area contributed by atoms with Crippen LogP contribution in [-0.2, 0) is 25.7 Å². The Kier molecular flexibility index (Phi) is 6.65. The average molecular weight is 394 g/mol. The summed E-state index contributed by atoms with van der Waals surface area (Å²) in [6.45, 7) is 4.26. The highest BCUT2D eigenvalue weighted by Crippen LogP contribution is 2.28. The van der Waals surface area contributed by atoms with Gasteiger partial charge in [0.05, 0.1) is 12.0 Å². The number of carbonyl (C=O) groups excluding carboxylic acids is 3. The molecule has 2 atom stereocenters. The van der Waals surface area contributed by atoms with E-state index < -0.39 is 11.9 Å². The van der Waals surface area contributed by atoms with Crippen molar-refractivity contribution in [1.29, 1.82) is 0 Å². The summed E-state index contributed by atoms with van der Waals surface area (Å²) in [5, 5.41) is 2.75. The van der Waals surface area contributed by atoms with Crippen LogP contribution in [-0.4, -0.2) is 35.8 Å². The summed E-state index contributed by atoms with van der Waals surface area (Å²) in [7, 11) is 0. The molecule has 0 aliphatic carbocycles. The minimum Gasteiger partial charge on any atom is -0.455 e. The van der Waals surface area contributed by atoms with E-state index in [-0.39, 0.29) is 30.9 Å². The number of esters is 1. The number of hydrogen-bond acceptors (Lipinski definition) is 4. The number of carbonyl (C=O) groups is 3. The Labute approximate surface area is 170 Å². The third-order valence-corrected chi connectivity index (χ3v) is 5.32. The molecule has 0 unspecified atom stereocenters. The van der Waals surface area contributed by atoms with Crippen molar-refractivity contribution in [1.82, 2.24) is 10.2 Å². The number of nitrogens with zero attached hydrogens (tertiary/aromatic N) is 1. The van der Waals surface area contributed by atoms with Crippen molar-refractivity contribution in [2.24, 2.45) is 5.92 Å². The number of amides is 2. The van der Waals surface area contributed by atoms with Gasteiger partial charge in [0.2, 0.25) is 5.91 Å². The number of rotatable bonds is 7. The molecule has 0 spiro atoms. The second kappa shape index (κ2) is 9.37. The van der Waals surface area contributed by atoms with Gasteiger partial charge in [-0.1, -0.05) is 54.6 Å². The molecule has 1 saturated heterocycles. The molecule has 2 amide bonds. The van der Waals surface area contributed by atoms with Crippen LogP contribution in [0, 0.1) is 12.8 Å². The lowest BCUT2D eigenvalue weighted by Gasteiger charge is -2.25. The minimum absolute atomic E-state index is 0.0766. The highest BCUT2D eigenvalue weighted by atomic mass is 16.5. The summed E-state index contributed by atoms with van der Waals surface area (Å²) in [4.78, 5) is 38.4. The van der Waals surface area contributed by atoms with Gasteiger partial charge in [0.25, 0.3) is 5.91 Å². The first-order valence-electron chi connectivity index (χ1n) is 9.78. The molecule has 29 heavy (non-hydrogen) atoms. The van der Waals surface area contributed by atoms with Crippen LogP contribution in [0.15, 0.2) is 54.6 Å². The van der Waals surface area contributed by atoms with Crippen LogP contribution in [0.5, 0.6) is 0 Å². The van der Waals surface area contributed by atoms with Crippen LogP contribution in [0.4, 0.5) is 0 Å². The standard InChI is InChI=1S/C23H26N2O4/c1-16-8-6-7-11-19(16)13-24-21(26)15-29-23(28)20-12-22(27)25(14-20)17(2)18-9-4-3-5-10-18/h3-11,17,20H,12-15H2,1-2H3,(H,24,26)/t17-,20+/m1/s1. The fourth-order valence-corrected chi connectivity index (χ4v) is 3.48. The topological polar surface area (TPSA) is 75.7 Å². The van der Waals surface area contributed by atoms with E-state index in [1.54, 1.807) is 4.90 Å². The normalized spacial score (nSPS) is 17.1. The Balaban J connectivity index is 1.47. The van der Waals surface area contributed by atoms with E-state index in [4.69, 9.17) is 4.74 Å². The van der Waals surface area contributed by atoms with Gasteiger partial charge in [0.15, 0.2) is 6.61 Å². The summed E-state index contributed by atoms with van der Waals surface area (Å²) in [6, 6.07) is 17.3. The molecule has 3 rings (SSSR count). The molecule has 0 saturated carbocycles. The van der Waals surface area contributed by atoms with Gasteiger partial charge in [0.1, 0.15) is 0 Å². The van der Waals surface area contributed by atoms with Gasteiger partial charge in [-0.2, -0.15) is 0 Å². The average Bonchev–Trinajstić information content (AvgIpc) is 3.13. The van der Waals surface area contributed by atoms with E-state index in [0.29, 0.717) is 13.1 Å². The third kappa shape index (κ3) is 5.22. The third-order valence-electron chi connectivity index (χ3n) is 5.32. The molecular weight excluding hydrogens is 368 g/mol. The smallest absolute Gasteiger partial charge is 0.311 e. The molecule has 1 aliphatic heterocycles. The quantitative estimate of drug-likeness (QED) is 0.733. The van der Waals surface area contributed by atoms with Crippen LogP contribution >= 0.6 is 0 Å². The lowest BCUT2D eigenvalue weighted by molar-refractivity contribution is -0.152. The van der Waals surface area contributed by atoms with Crippen LogP contribution in [0.25, 0.3) is 0 Å². The molecule has 152 valence electrons. The van der Waals surface area contributed by atoms with E-state index in [1.807, 2.05) is 68.4 Å². The summed E-state index contributed by atoms with van der Waals surface area (Å²) < 4.78 is 5.16. The molecular formula is C23H26N2O4. The molecule has 1 heterocycles. The molecule has 0 bridgehead atoms. The number of hydrogen-bond donors (Lipinski definition) is 1. The minimum atomic E-state index is -0.544. The molecule has 6 heteroatoms. The molecule has 6 nitrogen and oxygen atoms in total. The van der Waals surface area contributed by atoms with Gasteiger partial charge in [-0.05, 0) is 30.5 Å². The summed E-state index contributed by atoms with van der Waals surface area (Å²) >= 11 is 0. The van der Waals surface area contributed by atoms with E-state index in [2.05, 4.69) is 5.32 Å². The number of ether oxygens (including phenoxy) is 1. The van der Waals surface area contributed by atoms with Crippen molar-refractivity contribution >= 4 is 17.8 Å². The molecule has 2 aromatic carbocycles. The Hall–Kier alpha value is -3.15. The molecule has 2 aromatic rings. The van der Waals surface area contributed by atoms with Gasteiger partial charge in [-0.3, -0.25) is 14.4 Å². The van der Waals surface area contributed by atoms with Crippen molar-refractivity contribution in [3.8, 4) is 0 Å². The van der Waals surface area contributed by atoms with Crippen LogP contribution in [0.3, 0.4) is 0 Å². The lowest BCUT2D eigenvalue weighted by Crippen LogP contribution is -2.32. The Morgan fingerprint density at radius 1 is 1.14 bits per heavy atom. The molecule has 1 fully saturated rings. The maximum Gasteiger partial charge on any atom is 0.311 e. The molecule has 1 aliphatic rings. The van der Waals surface area contributed by atoms with Gasteiger partial charge in [0, 0.05) is 19.5 Å². The van der Waals surface area contributed by atoms with Crippen molar-refractivity contribution in [3.63, 3.8) is 0 Å². The van der Waals surface area contributed by atoms with E-state index in [0.717, 1.165) is 16.7 Å². The lowest BCUT2D eigenvalue weighted by atomic mass is 10.1. The second-order valence-electron chi connectivity index (χ2n) is 7.34. The maximum atomic E-state index is 12.4. The number of benzene rings is 2. The van der Waals surface area contributed by atoms with Crippen LogP contribution in [0.1, 0.15) is 36.1 Å². The summed E-state index contributed by atoms with van der Waals surface area (Å²) in [5.74, 6) is -1.49. The summed E-state index contributed by atoms with van der Waals surface area (Å²) in [6.07, 6.45) is 0.112. The zero-order valence-corrected chi connectivity index (χ0v) is 16.8. The van der Waals surface area contributed by atoms with Gasteiger partial charge in [-0.15, -0.1) is 0 Å². The van der Waals surface area contributed by atoms with Crippen molar-refractivity contribution in [3.05, 3.63) is 71.3 Å². The highest BCUT2D eigenvalue weighted by molar-refractivity contribution is 5.88. The van der Waals surface area contributed by atoms with Gasteiger partial charge < -0.3 is 15.0 Å². The second-order valence-corrected chi connectivity index (χ2v) is 7.34. The van der Waals surface area contributed by atoms with Gasteiger partial charge in [-0.25, -0.2) is 0 Å². The fourth-order valence-electron chi connectivity index (χ4n) is 3.48. The number of likely N-dealkylation sites (tertiary alicyclic amines) is 1. The Morgan fingerprint density at radius 3 is 2.55 bits per heavy atom. The zero-order chi connectivity index (χ0) is 20.8.